The lowest BCUT2D eigenvalue weighted by atomic mass is 10.2. The smallest absolute Gasteiger partial charge is 0.339 e. The lowest BCUT2D eigenvalue weighted by Crippen LogP contribution is -2.38. The van der Waals surface area contributed by atoms with Crippen LogP contribution in [0.1, 0.15) is 23.2 Å². The highest BCUT2D eigenvalue weighted by molar-refractivity contribution is 7.99. The van der Waals surface area contributed by atoms with E-state index in [1.54, 1.807) is 11.8 Å². The molecule has 0 spiro atoms. The summed E-state index contributed by atoms with van der Waals surface area (Å²) < 4.78 is 27.0. The third kappa shape index (κ3) is 3.44. The van der Waals surface area contributed by atoms with Crippen molar-refractivity contribution in [2.45, 2.75) is 23.8 Å². The fraction of sp³-hybridized carbons (Fsp3) is 0.417. The van der Waals surface area contributed by atoms with Crippen molar-refractivity contribution in [3.8, 4) is 5.75 Å². The Labute approximate surface area is 121 Å². The molecular weight excluding hydrogens is 302 g/mol. The van der Waals surface area contributed by atoms with Gasteiger partial charge < -0.3 is 10.2 Å². The predicted octanol–water partition coefficient (Wildman–Crippen LogP) is 1.26. The molecule has 6 nitrogen and oxygen atoms in total. The van der Waals surface area contributed by atoms with Crippen molar-refractivity contribution >= 4 is 27.8 Å². The van der Waals surface area contributed by atoms with Gasteiger partial charge in [0.05, 0.1) is 4.90 Å². The molecular formula is C12H15NO5S2. The van der Waals surface area contributed by atoms with Gasteiger partial charge in [-0.3, -0.25) is 0 Å². The van der Waals surface area contributed by atoms with Crippen molar-refractivity contribution in [1.82, 2.24) is 4.72 Å². The first kappa shape index (κ1) is 15.1. The number of hydrogen-bond acceptors (Lipinski definition) is 5. The van der Waals surface area contributed by atoms with Gasteiger partial charge in [-0.1, -0.05) is 0 Å². The van der Waals surface area contributed by atoms with Crippen molar-refractivity contribution in [1.29, 1.82) is 0 Å². The number of aromatic hydroxyl groups is 1. The molecule has 0 amide bonds. The fourth-order valence-corrected chi connectivity index (χ4v) is 4.45. The average Bonchev–Trinajstić information content (AvgIpc) is 2.39. The summed E-state index contributed by atoms with van der Waals surface area (Å²) in [6, 6.07) is 3.10. The number of aromatic carboxylic acids is 1. The first-order chi connectivity index (χ1) is 9.40. The zero-order valence-corrected chi connectivity index (χ0v) is 12.2. The highest BCUT2D eigenvalue weighted by Gasteiger charge is 2.23. The molecule has 1 aromatic rings. The van der Waals surface area contributed by atoms with E-state index in [1.807, 2.05) is 0 Å². The Balaban J connectivity index is 2.24. The Morgan fingerprint density at radius 3 is 2.75 bits per heavy atom. The van der Waals surface area contributed by atoms with Crippen LogP contribution in [-0.2, 0) is 10.0 Å². The van der Waals surface area contributed by atoms with E-state index in [2.05, 4.69) is 4.72 Å². The van der Waals surface area contributed by atoms with Crippen molar-refractivity contribution in [2.24, 2.45) is 0 Å². The molecule has 1 saturated heterocycles. The maximum absolute atomic E-state index is 12.2. The topological polar surface area (TPSA) is 104 Å². The quantitative estimate of drug-likeness (QED) is 0.772. The van der Waals surface area contributed by atoms with Gasteiger partial charge in [-0.05, 0) is 36.8 Å². The van der Waals surface area contributed by atoms with Crippen molar-refractivity contribution in [3.63, 3.8) is 0 Å². The molecule has 1 aliphatic heterocycles. The van der Waals surface area contributed by atoms with Crippen molar-refractivity contribution in [3.05, 3.63) is 23.8 Å². The Kier molecular flexibility index (Phi) is 4.56. The van der Waals surface area contributed by atoms with Gasteiger partial charge in [-0.25, -0.2) is 17.9 Å². The van der Waals surface area contributed by atoms with Crippen LogP contribution >= 0.6 is 11.8 Å². The minimum atomic E-state index is -3.77. The largest absolute Gasteiger partial charge is 0.507 e. The number of carboxylic acids is 1. The van der Waals surface area contributed by atoms with Crippen molar-refractivity contribution in [2.75, 3.05) is 11.5 Å². The fourth-order valence-electron chi connectivity index (χ4n) is 1.97. The number of nitrogens with one attached hydrogen (secondary N) is 1. The number of thioether (sulfide) groups is 1. The molecule has 110 valence electrons. The summed E-state index contributed by atoms with van der Waals surface area (Å²) in [4.78, 5) is 10.8. The van der Waals surface area contributed by atoms with Crippen LogP contribution in [0.2, 0.25) is 0 Å². The second-order valence-electron chi connectivity index (χ2n) is 4.52. The van der Waals surface area contributed by atoms with Crippen LogP contribution in [0.25, 0.3) is 0 Å². The number of carbonyl (C=O) groups is 1. The molecule has 0 bridgehead atoms. The average molecular weight is 317 g/mol. The SMILES string of the molecule is O=C(O)c1cc(S(=O)(=O)NC2CCCSC2)ccc1O. The molecule has 20 heavy (non-hydrogen) atoms. The van der Waals surface area contributed by atoms with Crippen LogP contribution in [0, 0.1) is 0 Å². The molecule has 1 fully saturated rings. The second-order valence-corrected chi connectivity index (χ2v) is 7.38. The van der Waals surface area contributed by atoms with E-state index in [0.29, 0.717) is 5.75 Å². The summed E-state index contributed by atoms with van der Waals surface area (Å²) in [6.45, 7) is 0. The van der Waals surface area contributed by atoms with E-state index >= 15 is 0 Å². The molecule has 1 aromatic carbocycles. The number of benzene rings is 1. The standard InChI is InChI=1S/C12H15NO5S2/c14-11-4-3-9(6-10(11)12(15)16)20(17,18)13-8-2-1-5-19-7-8/h3-4,6,8,13-14H,1-2,5,7H2,(H,15,16). The highest BCUT2D eigenvalue weighted by Crippen LogP contribution is 2.23. The molecule has 0 saturated carbocycles. The summed E-state index contributed by atoms with van der Waals surface area (Å²) in [7, 11) is -3.77. The molecule has 0 aromatic heterocycles. The minimum Gasteiger partial charge on any atom is -0.507 e. The van der Waals surface area contributed by atoms with Crippen LogP contribution in [0.3, 0.4) is 0 Å². The predicted molar refractivity (Wildman–Crippen MR) is 75.7 cm³/mol. The Hall–Kier alpha value is -1.25. The van der Waals surface area contributed by atoms with Crippen molar-refractivity contribution < 1.29 is 23.4 Å². The van der Waals surface area contributed by atoms with Gasteiger partial charge in [0, 0.05) is 11.8 Å². The van der Waals surface area contributed by atoms with Gasteiger partial charge in [0.2, 0.25) is 10.0 Å². The van der Waals surface area contributed by atoms with E-state index in [4.69, 9.17) is 5.11 Å². The summed E-state index contributed by atoms with van der Waals surface area (Å²) in [5, 5.41) is 18.3. The summed E-state index contributed by atoms with van der Waals surface area (Å²) >= 11 is 1.69. The van der Waals surface area contributed by atoms with E-state index < -0.39 is 27.3 Å². The molecule has 1 atom stereocenters. The van der Waals surface area contributed by atoms with Crippen LogP contribution < -0.4 is 4.72 Å². The summed E-state index contributed by atoms with van der Waals surface area (Å²) in [6.07, 6.45) is 1.73. The van der Waals surface area contributed by atoms with Gasteiger partial charge in [0.25, 0.3) is 0 Å². The third-order valence-electron chi connectivity index (χ3n) is 2.99. The zero-order valence-electron chi connectivity index (χ0n) is 10.6. The second kappa shape index (κ2) is 6.02. The minimum absolute atomic E-state index is 0.138. The molecule has 8 heteroatoms. The number of rotatable bonds is 4. The normalized spacial score (nSPS) is 19.7. The van der Waals surface area contributed by atoms with Gasteiger partial charge in [-0.2, -0.15) is 11.8 Å². The van der Waals surface area contributed by atoms with Crippen LogP contribution in [0.15, 0.2) is 23.1 Å². The van der Waals surface area contributed by atoms with Crippen LogP contribution in [-0.4, -0.2) is 42.1 Å². The molecule has 2 rings (SSSR count). The maximum atomic E-state index is 12.2. The number of hydrogen-bond donors (Lipinski definition) is 3. The lowest BCUT2D eigenvalue weighted by molar-refractivity contribution is 0.0693. The molecule has 1 heterocycles. The Morgan fingerprint density at radius 1 is 1.40 bits per heavy atom. The van der Waals surface area contributed by atoms with Gasteiger partial charge in [0.1, 0.15) is 11.3 Å². The molecule has 3 N–H and O–H groups in total. The van der Waals surface area contributed by atoms with Gasteiger partial charge in [0.15, 0.2) is 0 Å². The zero-order chi connectivity index (χ0) is 14.8. The summed E-state index contributed by atoms with van der Waals surface area (Å²) in [5.74, 6) is -0.0820. The van der Waals surface area contributed by atoms with E-state index in [-0.39, 0.29) is 10.9 Å². The van der Waals surface area contributed by atoms with Crippen LogP contribution in [0.5, 0.6) is 5.75 Å². The van der Waals surface area contributed by atoms with Crippen LogP contribution in [0.4, 0.5) is 0 Å². The maximum Gasteiger partial charge on any atom is 0.339 e. The monoisotopic (exact) mass is 317 g/mol. The molecule has 1 aliphatic rings. The van der Waals surface area contributed by atoms with Gasteiger partial charge in [-0.15, -0.1) is 0 Å². The number of phenols is 1. The lowest BCUT2D eigenvalue weighted by Gasteiger charge is -2.22. The summed E-state index contributed by atoms with van der Waals surface area (Å²) in [5.41, 5.74) is -0.425. The van der Waals surface area contributed by atoms with E-state index in [0.717, 1.165) is 30.7 Å². The Morgan fingerprint density at radius 2 is 2.15 bits per heavy atom. The Bertz CT molecular complexity index is 608. The first-order valence-electron chi connectivity index (χ1n) is 6.06. The molecule has 0 aliphatic carbocycles. The number of carboxylic acid groups (broad SMARTS) is 1. The number of sulfonamides is 1. The first-order valence-corrected chi connectivity index (χ1v) is 8.70. The molecule has 1 unspecified atom stereocenters. The van der Waals surface area contributed by atoms with Gasteiger partial charge >= 0.3 is 5.97 Å². The third-order valence-corrected chi connectivity index (χ3v) is 5.72. The van der Waals surface area contributed by atoms with E-state index in [9.17, 15) is 18.3 Å². The van der Waals surface area contributed by atoms with E-state index in [1.165, 1.54) is 6.07 Å². The molecule has 0 radical (unpaired) electrons. The highest BCUT2D eigenvalue weighted by atomic mass is 32.2.